The van der Waals surface area contributed by atoms with Gasteiger partial charge in [0.1, 0.15) is 0 Å². The minimum atomic E-state index is -1.07. The molecule has 0 spiro atoms. The largest absolute Gasteiger partial charge is 0.478 e. The fourth-order valence-electron chi connectivity index (χ4n) is 3.07. The molecule has 0 atom stereocenters. The van der Waals surface area contributed by atoms with Gasteiger partial charge in [0.15, 0.2) is 0 Å². The summed E-state index contributed by atoms with van der Waals surface area (Å²) in [6.45, 7) is 2.72. The van der Waals surface area contributed by atoms with E-state index in [0.717, 1.165) is 11.1 Å². The summed E-state index contributed by atoms with van der Waals surface area (Å²) in [4.78, 5) is 25.9. The molecule has 1 N–H and O–H groups in total. The molecule has 124 valence electrons. The summed E-state index contributed by atoms with van der Waals surface area (Å²) in [5.74, 6) is -1.20. The average molecular weight is 364 g/mol. The first-order valence-corrected chi connectivity index (χ1v) is 8.23. The van der Waals surface area contributed by atoms with E-state index in [9.17, 15) is 14.7 Å². The fourth-order valence-corrected chi connectivity index (χ4v) is 3.53. The Hall–Kier alpha value is -2.04. The van der Waals surface area contributed by atoms with Crippen LogP contribution in [-0.2, 0) is 13.0 Å². The average Bonchev–Trinajstić information content (AvgIpc) is 2.52. The standard InChI is InChI=1S/C18H15Cl2NO3/c1-10-13-6-7-21(9-11-2-4-12(19)5-3-11)17(22)14(13)8-15(20)16(10)18(23)24/h2-5,8H,6-7,9H2,1H3,(H,23,24). The van der Waals surface area contributed by atoms with Crippen LogP contribution < -0.4 is 0 Å². The zero-order valence-electron chi connectivity index (χ0n) is 13.0. The lowest BCUT2D eigenvalue weighted by Gasteiger charge is -2.30. The lowest BCUT2D eigenvalue weighted by atomic mass is 9.91. The van der Waals surface area contributed by atoms with Crippen LogP contribution in [0.3, 0.4) is 0 Å². The third kappa shape index (κ3) is 2.99. The number of carbonyl (C=O) groups is 2. The van der Waals surface area contributed by atoms with E-state index in [-0.39, 0.29) is 16.5 Å². The Morgan fingerprint density at radius 2 is 1.92 bits per heavy atom. The van der Waals surface area contributed by atoms with E-state index >= 15 is 0 Å². The molecule has 6 heteroatoms. The lowest BCUT2D eigenvalue weighted by molar-refractivity contribution is 0.0688. The fraction of sp³-hybridized carbons (Fsp3) is 0.222. The van der Waals surface area contributed by atoms with Crippen molar-refractivity contribution in [1.82, 2.24) is 4.90 Å². The number of halogens is 2. The molecule has 0 fully saturated rings. The van der Waals surface area contributed by atoms with Gasteiger partial charge in [-0.3, -0.25) is 4.79 Å². The van der Waals surface area contributed by atoms with Gasteiger partial charge in [-0.05, 0) is 48.2 Å². The lowest BCUT2D eigenvalue weighted by Crippen LogP contribution is -2.37. The molecule has 0 aliphatic carbocycles. The summed E-state index contributed by atoms with van der Waals surface area (Å²) >= 11 is 12.0. The van der Waals surface area contributed by atoms with Crippen LogP contribution in [-0.4, -0.2) is 28.4 Å². The van der Waals surface area contributed by atoms with E-state index in [1.165, 1.54) is 6.07 Å². The van der Waals surface area contributed by atoms with Crippen molar-refractivity contribution in [2.75, 3.05) is 6.54 Å². The van der Waals surface area contributed by atoms with E-state index in [2.05, 4.69) is 0 Å². The topological polar surface area (TPSA) is 57.6 Å². The summed E-state index contributed by atoms with van der Waals surface area (Å²) in [5, 5.41) is 10.0. The number of carboxylic acids is 1. The number of benzene rings is 2. The zero-order chi connectivity index (χ0) is 17.4. The second kappa shape index (κ2) is 6.46. The number of carboxylic acid groups (broad SMARTS) is 1. The Balaban J connectivity index is 1.93. The van der Waals surface area contributed by atoms with Crippen LogP contribution in [0.1, 0.15) is 37.4 Å². The van der Waals surface area contributed by atoms with Crippen molar-refractivity contribution < 1.29 is 14.7 Å². The second-order valence-corrected chi connectivity index (χ2v) is 6.64. The highest BCUT2D eigenvalue weighted by Gasteiger charge is 2.29. The predicted octanol–water partition coefficient (Wildman–Crippen LogP) is 4.20. The number of amides is 1. The number of hydrogen-bond acceptors (Lipinski definition) is 2. The van der Waals surface area contributed by atoms with Crippen molar-refractivity contribution in [2.24, 2.45) is 0 Å². The molecule has 0 aromatic heterocycles. The number of nitrogens with zero attached hydrogens (tertiary/aromatic N) is 1. The molecule has 0 radical (unpaired) electrons. The summed E-state index contributed by atoms with van der Waals surface area (Å²) in [6, 6.07) is 8.83. The first-order chi connectivity index (χ1) is 11.4. The Labute approximate surface area is 149 Å². The molecule has 0 saturated heterocycles. The van der Waals surface area contributed by atoms with Gasteiger partial charge in [0.2, 0.25) is 0 Å². The molecule has 1 aliphatic heterocycles. The number of hydrogen-bond donors (Lipinski definition) is 1. The van der Waals surface area contributed by atoms with Crippen molar-refractivity contribution in [3.63, 3.8) is 0 Å². The molecule has 1 heterocycles. The zero-order valence-corrected chi connectivity index (χ0v) is 14.5. The third-order valence-electron chi connectivity index (χ3n) is 4.31. The molecule has 4 nitrogen and oxygen atoms in total. The molecule has 24 heavy (non-hydrogen) atoms. The van der Waals surface area contributed by atoms with Gasteiger partial charge >= 0.3 is 5.97 Å². The highest BCUT2D eigenvalue weighted by molar-refractivity contribution is 6.34. The maximum absolute atomic E-state index is 12.8. The van der Waals surface area contributed by atoms with Crippen molar-refractivity contribution in [2.45, 2.75) is 19.9 Å². The molecule has 2 aromatic carbocycles. The molecule has 0 unspecified atom stereocenters. The number of aromatic carboxylic acids is 1. The van der Waals surface area contributed by atoms with Gasteiger partial charge in [0, 0.05) is 23.7 Å². The van der Waals surface area contributed by atoms with Gasteiger partial charge in [0.25, 0.3) is 5.91 Å². The summed E-state index contributed by atoms with van der Waals surface area (Å²) < 4.78 is 0. The second-order valence-electron chi connectivity index (χ2n) is 5.79. The summed E-state index contributed by atoms with van der Waals surface area (Å²) in [7, 11) is 0. The van der Waals surface area contributed by atoms with Gasteiger partial charge in [0.05, 0.1) is 10.6 Å². The first-order valence-electron chi connectivity index (χ1n) is 7.47. The quantitative estimate of drug-likeness (QED) is 0.888. The molecule has 1 amide bonds. The Bertz CT molecular complexity index is 831. The van der Waals surface area contributed by atoms with Crippen LogP contribution in [0, 0.1) is 6.92 Å². The van der Waals surface area contributed by atoms with Gasteiger partial charge in [-0.15, -0.1) is 0 Å². The van der Waals surface area contributed by atoms with Crippen LogP contribution in [0.4, 0.5) is 0 Å². The van der Waals surface area contributed by atoms with Gasteiger partial charge in [-0.25, -0.2) is 4.79 Å². The number of fused-ring (bicyclic) bond motifs is 1. The monoisotopic (exact) mass is 363 g/mol. The van der Waals surface area contributed by atoms with E-state index in [0.29, 0.717) is 35.7 Å². The molecule has 1 aliphatic rings. The van der Waals surface area contributed by atoms with E-state index in [4.69, 9.17) is 23.2 Å². The maximum atomic E-state index is 12.8. The van der Waals surface area contributed by atoms with Crippen LogP contribution in [0.15, 0.2) is 30.3 Å². The van der Waals surface area contributed by atoms with E-state index < -0.39 is 5.97 Å². The van der Waals surface area contributed by atoms with Crippen LogP contribution >= 0.6 is 23.2 Å². The highest BCUT2D eigenvalue weighted by Crippen LogP contribution is 2.31. The molecular weight excluding hydrogens is 349 g/mol. The van der Waals surface area contributed by atoms with E-state index in [1.807, 2.05) is 12.1 Å². The van der Waals surface area contributed by atoms with E-state index in [1.54, 1.807) is 24.0 Å². The van der Waals surface area contributed by atoms with Crippen molar-refractivity contribution >= 4 is 35.1 Å². The molecular formula is C18H15Cl2NO3. The third-order valence-corrected chi connectivity index (χ3v) is 4.86. The van der Waals surface area contributed by atoms with Crippen LogP contribution in [0.2, 0.25) is 10.0 Å². The molecule has 0 bridgehead atoms. The van der Waals surface area contributed by atoms with Crippen molar-refractivity contribution in [1.29, 1.82) is 0 Å². The van der Waals surface area contributed by atoms with Gasteiger partial charge in [-0.2, -0.15) is 0 Å². The maximum Gasteiger partial charge on any atom is 0.337 e. The SMILES string of the molecule is Cc1c2c(cc(Cl)c1C(=O)O)C(=O)N(Cc1ccc(Cl)cc1)CC2. The highest BCUT2D eigenvalue weighted by atomic mass is 35.5. The number of carbonyl (C=O) groups excluding carboxylic acids is 1. The van der Waals surface area contributed by atoms with Crippen LogP contribution in [0.25, 0.3) is 0 Å². The molecule has 3 rings (SSSR count). The van der Waals surface area contributed by atoms with Crippen molar-refractivity contribution in [3.05, 3.63) is 68.2 Å². The Kier molecular flexibility index (Phi) is 4.52. The minimum Gasteiger partial charge on any atom is -0.478 e. The number of rotatable bonds is 3. The van der Waals surface area contributed by atoms with Crippen LogP contribution in [0.5, 0.6) is 0 Å². The normalized spacial score (nSPS) is 13.8. The summed E-state index contributed by atoms with van der Waals surface area (Å²) in [5.41, 5.74) is 2.90. The predicted molar refractivity (Wildman–Crippen MR) is 93.0 cm³/mol. The molecule has 2 aromatic rings. The van der Waals surface area contributed by atoms with Gasteiger partial charge < -0.3 is 10.0 Å². The van der Waals surface area contributed by atoms with Gasteiger partial charge in [-0.1, -0.05) is 35.3 Å². The first kappa shape index (κ1) is 16.8. The molecule has 0 saturated carbocycles. The minimum absolute atomic E-state index is 0.0781. The Morgan fingerprint density at radius 3 is 2.54 bits per heavy atom. The Morgan fingerprint density at radius 1 is 1.25 bits per heavy atom. The summed E-state index contributed by atoms with van der Waals surface area (Å²) in [6.07, 6.45) is 0.609. The smallest absolute Gasteiger partial charge is 0.337 e. The van der Waals surface area contributed by atoms with Crippen molar-refractivity contribution in [3.8, 4) is 0 Å².